The van der Waals surface area contributed by atoms with Gasteiger partial charge in [-0.25, -0.2) is 0 Å². The third kappa shape index (κ3) is 1.73. The molecule has 12 heavy (non-hydrogen) atoms. The van der Waals surface area contributed by atoms with Gasteiger partial charge in [-0.2, -0.15) is 0 Å². The molecule has 0 aromatic rings. The van der Waals surface area contributed by atoms with Crippen LogP contribution in [0.3, 0.4) is 0 Å². The van der Waals surface area contributed by atoms with E-state index in [2.05, 4.69) is 4.74 Å². The van der Waals surface area contributed by atoms with Gasteiger partial charge in [0.2, 0.25) is 5.91 Å². The Kier molecular flexibility index (Phi) is 2.65. The molecule has 1 saturated heterocycles. The van der Waals surface area contributed by atoms with Crippen LogP contribution in [0.15, 0.2) is 0 Å². The first-order valence-corrected chi connectivity index (χ1v) is 3.76. The molecule has 1 amide bonds. The Morgan fingerprint density at radius 3 is 2.92 bits per heavy atom. The second kappa shape index (κ2) is 3.53. The molecule has 1 fully saturated rings. The average molecular weight is 172 g/mol. The van der Waals surface area contributed by atoms with Crippen LogP contribution in [0.2, 0.25) is 0 Å². The third-order valence-electron chi connectivity index (χ3n) is 1.89. The molecule has 0 radical (unpaired) electrons. The van der Waals surface area contributed by atoms with E-state index >= 15 is 0 Å². The molecule has 0 saturated carbocycles. The molecule has 5 nitrogen and oxygen atoms in total. The lowest BCUT2D eigenvalue weighted by Gasteiger charge is -2.13. The minimum absolute atomic E-state index is 0.0169. The number of ether oxygens (including phenoxy) is 1. The van der Waals surface area contributed by atoms with Crippen LogP contribution < -0.4 is 5.73 Å². The van der Waals surface area contributed by atoms with Crippen molar-refractivity contribution in [1.82, 2.24) is 4.90 Å². The van der Waals surface area contributed by atoms with E-state index < -0.39 is 12.0 Å². The highest BCUT2D eigenvalue weighted by molar-refractivity contribution is 5.87. The lowest BCUT2D eigenvalue weighted by molar-refractivity contribution is -0.145. The summed E-state index contributed by atoms with van der Waals surface area (Å²) in [4.78, 5) is 23.3. The number of nitrogens with zero attached hydrogens (tertiary/aromatic N) is 1. The Balaban J connectivity index is 2.44. The number of esters is 1. The highest BCUT2D eigenvalue weighted by Crippen LogP contribution is 2.08. The standard InChI is InChI=1S/C7H12N2O3/c1-12-6(10)4-9-3-2-5(8)7(9)11/h5H,2-4,8H2,1H3. The smallest absolute Gasteiger partial charge is 0.325 e. The minimum atomic E-state index is -0.436. The Bertz CT molecular complexity index is 205. The van der Waals surface area contributed by atoms with Crippen LogP contribution in [-0.2, 0) is 14.3 Å². The SMILES string of the molecule is COC(=O)CN1CCC(N)C1=O. The van der Waals surface area contributed by atoms with Gasteiger partial charge < -0.3 is 15.4 Å². The number of likely N-dealkylation sites (tertiary alicyclic amines) is 1. The van der Waals surface area contributed by atoms with Crippen LogP contribution in [0.1, 0.15) is 6.42 Å². The Morgan fingerprint density at radius 1 is 1.83 bits per heavy atom. The Morgan fingerprint density at radius 2 is 2.50 bits per heavy atom. The molecule has 1 aliphatic heterocycles. The monoisotopic (exact) mass is 172 g/mol. The van der Waals surface area contributed by atoms with Crippen LogP contribution in [-0.4, -0.2) is 43.0 Å². The first kappa shape index (κ1) is 8.99. The molecule has 1 atom stereocenters. The van der Waals surface area contributed by atoms with Gasteiger partial charge in [0.25, 0.3) is 0 Å². The number of hydrogen-bond acceptors (Lipinski definition) is 4. The average Bonchev–Trinajstić information content (AvgIpc) is 2.36. The largest absolute Gasteiger partial charge is 0.468 e. The normalized spacial score (nSPS) is 23.0. The zero-order valence-corrected chi connectivity index (χ0v) is 6.95. The summed E-state index contributed by atoms with van der Waals surface area (Å²) in [5.74, 6) is -0.571. The summed E-state index contributed by atoms with van der Waals surface area (Å²) in [5.41, 5.74) is 5.44. The van der Waals surface area contributed by atoms with E-state index in [-0.39, 0.29) is 12.5 Å². The predicted octanol–water partition coefficient (Wildman–Crippen LogP) is -1.28. The van der Waals surface area contributed by atoms with E-state index in [1.807, 2.05) is 0 Å². The van der Waals surface area contributed by atoms with Gasteiger partial charge in [-0.1, -0.05) is 0 Å². The van der Waals surface area contributed by atoms with E-state index in [0.717, 1.165) is 0 Å². The van der Waals surface area contributed by atoms with Crippen LogP contribution in [0.4, 0.5) is 0 Å². The molecule has 0 bridgehead atoms. The van der Waals surface area contributed by atoms with E-state index in [1.54, 1.807) is 0 Å². The topological polar surface area (TPSA) is 72.6 Å². The summed E-state index contributed by atoms with van der Waals surface area (Å²) in [5, 5.41) is 0. The van der Waals surface area contributed by atoms with Gasteiger partial charge in [-0.3, -0.25) is 9.59 Å². The van der Waals surface area contributed by atoms with Crippen molar-refractivity contribution in [1.29, 1.82) is 0 Å². The molecule has 1 rings (SSSR count). The second-order valence-corrected chi connectivity index (χ2v) is 2.73. The molecule has 1 aliphatic rings. The zero-order valence-electron chi connectivity index (χ0n) is 6.95. The molecule has 5 heteroatoms. The van der Waals surface area contributed by atoms with Crippen molar-refractivity contribution in [2.75, 3.05) is 20.2 Å². The van der Waals surface area contributed by atoms with Gasteiger partial charge in [0, 0.05) is 6.54 Å². The predicted molar refractivity (Wildman–Crippen MR) is 41.2 cm³/mol. The van der Waals surface area contributed by atoms with Crippen LogP contribution in [0.25, 0.3) is 0 Å². The summed E-state index contributed by atoms with van der Waals surface area (Å²) in [6.45, 7) is 0.568. The fourth-order valence-corrected chi connectivity index (χ4v) is 1.14. The van der Waals surface area contributed by atoms with Gasteiger partial charge in [0.1, 0.15) is 6.54 Å². The molecule has 2 N–H and O–H groups in total. The number of methoxy groups -OCH3 is 1. The maximum absolute atomic E-state index is 11.1. The Labute approximate surface area is 70.5 Å². The number of carbonyl (C=O) groups excluding carboxylic acids is 2. The lowest BCUT2D eigenvalue weighted by Crippen LogP contribution is -2.37. The summed E-state index contributed by atoms with van der Waals surface area (Å²) in [6.07, 6.45) is 0.621. The van der Waals surface area contributed by atoms with E-state index in [9.17, 15) is 9.59 Å². The van der Waals surface area contributed by atoms with Crippen molar-refractivity contribution >= 4 is 11.9 Å². The summed E-state index contributed by atoms with van der Waals surface area (Å²) in [6, 6.07) is -0.436. The molecule has 68 valence electrons. The van der Waals surface area contributed by atoms with Crippen molar-refractivity contribution in [3.63, 3.8) is 0 Å². The first-order valence-electron chi connectivity index (χ1n) is 3.76. The number of amides is 1. The molecule has 0 aromatic carbocycles. The van der Waals surface area contributed by atoms with Gasteiger partial charge in [0.05, 0.1) is 13.2 Å². The van der Waals surface area contributed by atoms with Crippen molar-refractivity contribution < 1.29 is 14.3 Å². The maximum atomic E-state index is 11.1. The van der Waals surface area contributed by atoms with Gasteiger partial charge >= 0.3 is 5.97 Å². The molecule has 1 unspecified atom stereocenters. The van der Waals surface area contributed by atoms with Crippen molar-refractivity contribution in [2.24, 2.45) is 5.73 Å². The highest BCUT2D eigenvalue weighted by Gasteiger charge is 2.29. The fourth-order valence-electron chi connectivity index (χ4n) is 1.14. The number of rotatable bonds is 2. The molecular formula is C7H12N2O3. The number of carbonyl (C=O) groups is 2. The number of nitrogens with two attached hydrogens (primary N) is 1. The van der Waals surface area contributed by atoms with Crippen molar-refractivity contribution in [3.8, 4) is 0 Å². The van der Waals surface area contributed by atoms with E-state index in [4.69, 9.17) is 5.73 Å². The zero-order chi connectivity index (χ0) is 9.14. The summed E-state index contributed by atoms with van der Waals surface area (Å²) >= 11 is 0. The summed E-state index contributed by atoms with van der Waals surface area (Å²) in [7, 11) is 1.29. The third-order valence-corrected chi connectivity index (χ3v) is 1.89. The van der Waals surface area contributed by atoms with Crippen molar-refractivity contribution in [3.05, 3.63) is 0 Å². The second-order valence-electron chi connectivity index (χ2n) is 2.73. The van der Waals surface area contributed by atoms with Gasteiger partial charge in [-0.05, 0) is 6.42 Å². The lowest BCUT2D eigenvalue weighted by atomic mass is 10.3. The molecule has 1 heterocycles. The molecular weight excluding hydrogens is 160 g/mol. The van der Waals surface area contributed by atoms with Crippen molar-refractivity contribution in [2.45, 2.75) is 12.5 Å². The Hall–Kier alpha value is -1.10. The number of hydrogen-bond donors (Lipinski definition) is 1. The fraction of sp³-hybridized carbons (Fsp3) is 0.714. The van der Waals surface area contributed by atoms with Crippen LogP contribution >= 0.6 is 0 Å². The molecule has 0 aliphatic carbocycles. The minimum Gasteiger partial charge on any atom is -0.468 e. The maximum Gasteiger partial charge on any atom is 0.325 e. The first-order chi connectivity index (χ1) is 5.65. The van der Waals surface area contributed by atoms with Gasteiger partial charge in [0.15, 0.2) is 0 Å². The van der Waals surface area contributed by atoms with Crippen LogP contribution in [0, 0.1) is 0 Å². The quantitative estimate of drug-likeness (QED) is 0.526. The van der Waals surface area contributed by atoms with E-state index in [0.29, 0.717) is 13.0 Å². The highest BCUT2D eigenvalue weighted by atomic mass is 16.5. The molecule has 0 aromatic heterocycles. The van der Waals surface area contributed by atoms with Crippen LogP contribution in [0.5, 0.6) is 0 Å². The van der Waals surface area contributed by atoms with E-state index in [1.165, 1.54) is 12.0 Å². The molecule has 0 spiro atoms. The van der Waals surface area contributed by atoms with Gasteiger partial charge in [-0.15, -0.1) is 0 Å². The summed E-state index contributed by atoms with van der Waals surface area (Å²) < 4.78 is 4.42.